The maximum absolute atomic E-state index is 10.8. The topological polar surface area (TPSA) is 85.3 Å². The van der Waals surface area contributed by atoms with Gasteiger partial charge in [-0.1, -0.05) is 30.7 Å². The van der Waals surface area contributed by atoms with Gasteiger partial charge in [0.1, 0.15) is 24.0 Å². The Morgan fingerprint density at radius 1 is 0.976 bits per heavy atom. The molecule has 0 unspecified atom stereocenters. The fourth-order valence-electron chi connectivity index (χ4n) is 6.41. The minimum Gasteiger partial charge on any atom is -0.508 e. The van der Waals surface area contributed by atoms with E-state index >= 15 is 0 Å². The highest BCUT2D eigenvalue weighted by Crippen LogP contribution is 2.36. The molecule has 0 radical (unpaired) electrons. The Balaban J connectivity index is 1.29. The number of carbonyl (C=O) groups is 1. The van der Waals surface area contributed by atoms with E-state index in [9.17, 15) is 9.90 Å². The van der Waals surface area contributed by atoms with E-state index in [1.54, 1.807) is 6.08 Å². The van der Waals surface area contributed by atoms with Crippen LogP contribution in [0.2, 0.25) is 0 Å². The highest BCUT2D eigenvalue weighted by Gasteiger charge is 2.29. The van der Waals surface area contributed by atoms with Crippen molar-refractivity contribution in [1.82, 2.24) is 19.8 Å². The van der Waals surface area contributed by atoms with E-state index in [2.05, 4.69) is 32.6 Å². The van der Waals surface area contributed by atoms with Crippen LogP contribution in [0.15, 0.2) is 48.7 Å². The fraction of sp³-hybridized carbons (Fsp3) is 0.469. The third-order valence-corrected chi connectivity index (χ3v) is 8.45. The Bertz CT molecular complexity index is 1400. The largest absolute Gasteiger partial charge is 0.508 e. The van der Waals surface area contributed by atoms with E-state index in [1.807, 2.05) is 36.5 Å². The Morgan fingerprint density at radius 3 is 2.59 bits per heavy atom. The molecule has 9 heteroatoms. The van der Waals surface area contributed by atoms with Crippen LogP contribution in [0.4, 0.5) is 11.5 Å². The summed E-state index contributed by atoms with van der Waals surface area (Å²) in [6, 6.07) is 12.3. The van der Waals surface area contributed by atoms with Gasteiger partial charge in [0.2, 0.25) is 0 Å². The zero-order valence-electron chi connectivity index (χ0n) is 23.9. The second-order valence-electron chi connectivity index (χ2n) is 11.4. The molecule has 1 N–H and O–H groups in total. The summed E-state index contributed by atoms with van der Waals surface area (Å²) in [5.74, 6) is 1.24. The van der Waals surface area contributed by atoms with Crippen LogP contribution in [0.5, 0.6) is 11.8 Å². The van der Waals surface area contributed by atoms with Crippen molar-refractivity contribution in [2.24, 2.45) is 0 Å². The lowest BCUT2D eigenvalue weighted by molar-refractivity contribution is -0.104. The van der Waals surface area contributed by atoms with Crippen molar-refractivity contribution >= 4 is 28.6 Å². The van der Waals surface area contributed by atoms with Gasteiger partial charge in [-0.3, -0.25) is 9.69 Å². The molecule has 2 aromatic carbocycles. The highest BCUT2D eigenvalue weighted by atomic mass is 16.5. The molecule has 2 fully saturated rings. The van der Waals surface area contributed by atoms with E-state index in [0.717, 1.165) is 93.0 Å². The predicted molar refractivity (Wildman–Crippen MR) is 162 cm³/mol. The summed E-state index contributed by atoms with van der Waals surface area (Å²) in [5.41, 5.74) is 3.18. The quantitative estimate of drug-likeness (QED) is 0.327. The highest BCUT2D eigenvalue weighted by molar-refractivity contribution is 5.95. The number of piperidine rings is 1. The first-order valence-electron chi connectivity index (χ1n) is 14.9. The Hall–Kier alpha value is -3.85. The number of piperazine rings is 1. The van der Waals surface area contributed by atoms with Crippen LogP contribution in [-0.4, -0.2) is 89.6 Å². The van der Waals surface area contributed by atoms with Gasteiger partial charge < -0.3 is 24.5 Å². The van der Waals surface area contributed by atoms with Crippen LogP contribution in [0, 0.1) is 0 Å². The van der Waals surface area contributed by atoms with Crippen LogP contribution in [0.25, 0.3) is 10.8 Å². The number of phenols is 1. The first kappa shape index (κ1) is 27.3. The van der Waals surface area contributed by atoms with Gasteiger partial charge in [-0.25, -0.2) is 0 Å². The lowest BCUT2D eigenvalue weighted by Gasteiger charge is -2.38. The molecule has 4 heterocycles. The van der Waals surface area contributed by atoms with Gasteiger partial charge in [0.15, 0.2) is 0 Å². The first-order chi connectivity index (χ1) is 20.1. The Labute approximate surface area is 242 Å². The molecule has 0 bridgehead atoms. The van der Waals surface area contributed by atoms with Crippen LogP contribution in [0.1, 0.15) is 37.4 Å². The van der Waals surface area contributed by atoms with Crippen molar-refractivity contribution in [3.05, 3.63) is 59.9 Å². The van der Waals surface area contributed by atoms with Crippen molar-refractivity contribution in [2.75, 3.05) is 62.2 Å². The second kappa shape index (κ2) is 12.3. The summed E-state index contributed by atoms with van der Waals surface area (Å²) in [4.78, 5) is 30.1. The van der Waals surface area contributed by atoms with Gasteiger partial charge in [-0.15, -0.1) is 0 Å². The van der Waals surface area contributed by atoms with Crippen LogP contribution < -0.4 is 14.5 Å². The number of hydrogen-bond donors (Lipinski definition) is 1. The van der Waals surface area contributed by atoms with Crippen LogP contribution in [0.3, 0.4) is 0 Å². The van der Waals surface area contributed by atoms with Gasteiger partial charge in [0.25, 0.3) is 0 Å². The number of fused-ring (bicyclic) bond motifs is 2. The molecule has 2 saturated heterocycles. The molecule has 216 valence electrons. The summed E-state index contributed by atoms with van der Waals surface area (Å²) >= 11 is 0. The number of ether oxygens (including phenoxy) is 1. The van der Waals surface area contributed by atoms with E-state index < -0.39 is 0 Å². The number of rotatable bonds is 8. The number of likely N-dealkylation sites (tertiary alicyclic amines) is 1. The zero-order valence-corrected chi connectivity index (χ0v) is 23.9. The lowest BCUT2D eigenvalue weighted by Crippen LogP contribution is -2.45. The molecule has 0 aliphatic carbocycles. The summed E-state index contributed by atoms with van der Waals surface area (Å²) in [6.07, 6.45) is 8.85. The van der Waals surface area contributed by atoms with E-state index in [-0.39, 0.29) is 11.9 Å². The zero-order chi connectivity index (χ0) is 28.2. The molecule has 9 nitrogen and oxygen atoms in total. The molecule has 0 amide bonds. The minimum absolute atomic E-state index is 0.0148. The number of nitrogens with zero attached hydrogens (tertiary/aromatic N) is 6. The molecule has 3 aromatic rings. The molecule has 3 aliphatic rings. The number of aromatic nitrogens is 2. The summed E-state index contributed by atoms with van der Waals surface area (Å²) in [6.45, 7) is 9.95. The third kappa shape index (κ3) is 6.25. The van der Waals surface area contributed by atoms with Gasteiger partial charge in [-0.2, -0.15) is 9.97 Å². The lowest BCUT2D eigenvalue weighted by atomic mass is 10.0. The number of anilines is 2. The fourth-order valence-corrected chi connectivity index (χ4v) is 6.41. The van der Waals surface area contributed by atoms with E-state index in [4.69, 9.17) is 14.7 Å². The van der Waals surface area contributed by atoms with Gasteiger partial charge in [0, 0.05) is 68.2 Å². The molecule has 1 aromatic heterocycles. The normalized spacial score (nSPS) is 19.0. The van der Waals surface area contributed by atoms with Gasteiger partial charge in [-0.05, 0) is 56.8 Å². The summed E-state index contributed by atoms with van der Waals surface area (Å²) < 4.78 is 6.41. The number of benzene rings is 2. The number of phenolic OH excluding ortho intramolecular Hbond substituents is 1. The average molecular weight is 557 g/mol. The molecule has 1 atom stereocenters. The van der Waals surface area contributed by atoms with Gasteiger partial charge in [0.05, 0.1) is 12.2 Å². The van der Waals surface area contributed by atoms with E-state index in [0.29, 0.717) is 12.6 Å². The molecule has 0 saturated carbocycles. The van der Waals surface area contributed by atoms with Crippen molar-refractivity contribution in [2.45, 2.75) is 45.3 Å². The van der Waals surface area contributed by atoms with Gasteiger partial charge >= 0.3 is 6.01 Å². The summed E-state index contributed by atoms with van der Waals surface area (Å²) in [7, 11) is 0. The molecule has 6 rings (SSSR count). The predicted octanol–water partition coefficient (Wildman–Crippen LogP) is 3.99. The standard InChI is InChI=1S/C32H40N6O3/c1-24(22-36-11-5-2-6-12-36)41-32-33-29-23-38(30-21-26(40)20-25-8-3-4-9-27(25)30)14-10-28(29)31(34-32)37-17-15-35(16-18-37)13-7-19-39/h3-4,7-9,13,19-21,24,40H,2,5-6,10-12,14-18,22-23H2,1H3/t24-/m1/s1. The van der Waals surface area contributed by atoms with Crippen molar-refractivity contribution < 1.29 is 14.6 Å². The maximum atomic E-state index is 10.8. The van der Waals surface area contributed by atoms with Crippen molar-refractivity contribution in [3.63, 3.8) is 0 Å². The molecule has 0 spiro atoms. The average Bonchev–Trinajstić information content (AvgIpc) is 2.99. The molecule has 3 aliphatic heterocycles. The van der Waals surface area contributed by atoms with E-state index in [1.165, 1.54) is 24.8 Å². The second-order valence-corrected chi connectivity index (χ2v) is 11.4. The molecular formula is C32H40N6O3. The molecule has 41 heavy (non-hydrogen) atoms. The number of hydrogen-bond acceptors (Lipinski definition) is 9. The minimum atomic E-state index is -0.0148. The Kier molecular flexibility index (Phi) is 8.23. The molecular weight excluding hydrogens is 516 g/mol. The maximum Gasteiger partial charge on any atom is 0.318 e. The van der Waals surface area contributed by atoms with Crippen molar-refractivity contribution in [1.29, 1.82) is 0 Å². The number of aromatic hydroxyl groups is 1. The Morgan fingerprint density at radius 2 is 1.78 bits per heavy atom. The monoisotopic (exact) mass is 556 g/mol. The van der Waals surface area contributed by atoms with Crippen molar-refractivity contribution in [3.8, 4) is 11.8 Å². The smallest absolute Gasteiger partial charge is 0.318 e. The number of aldehydes is 1. The van der Waals surface area contributed by atoms with Crippen LogP contribution in [-0.2, 0) is 17.8 Å². The SMILES string of the molecule is C[C@H](CN1CCCCC1)Oc1nc2c(c(N3CCN(C=CC=O)CC3)n1)CCN(c1cc(O)cc3ccccc13)C2. The third-order valence-electron chi connectivity index (χ3n) is 8.45. The number of allylic oxidation sites excluding steroid dienone is 1. The first-order valence-corrected chi connectivity index (χ1v) is 14.9. The summed E-state index contributed by atoms with van der Waals surface area (Å²) in [5, 5.41) is 12.6. The number of carbonyl (C=O) groups excluding carboxylic acids is 1. The van der Waals surface area contributed by atoms with Crippen LogP contribution >= 0.6 is 0 Å².